The maximum Gasteiger partial charge on any atom is 0.191 e. The van der Waals surface area contributed by atoms with E-state index in [1.807, 2.05) is 12.1 Å². The molecule has 0 aliphatic carbocycles. The minimum atomic E-state index is -0.202. The normalized spacial score (nSPS) is 16.9. The van der Waals surface area contributed by atoms with Gasteiger partial charge >= 0.3 is 0 Å². The maximum absolute atomic E-state index is 5.58. The van der Waals surface area contributed by atoms with Crippen molar-refractivity contribution in [2.24, 2.45) is 0 Å². The zero-order valence-electron chi connectivity index (χ0n) is 9.16. The molecule has 3 nitrogen and oxygen atoms in total. The molecule has 0 saturated carbocycles. The summed E-state index contributed by atoms with van der Waals surface area (Å²) in [6.45, 7) is 5.96. The van der Waals surface area contributed by atoms with Gasteiger partial charge in [-0.15, -0.1) is 0 Å². The molecule has 0 radical (unpaired) electrons. The fourth-order valence-corrected chi connectivity index (χ4v) is 1.47. The average Bonchev–Trinajstić information content (AvgIpc) is 2.73. The molecule has 1 aliphatic rings. The van der Waals surface area contributed by atoms with Gasteiger partial charge in [0.25, 0.3) is 0 Å². The standard InChI is InChI=1S/C12H16O3/c1-9-3-4-11(7-10(9)2)15-8-12-13-5-6-14-12/h3-4,7,12H,5-6,8H2,1-2H3. The van der Waals surface area contributed by atoms with Crippen molar-refractivity contribution < 1.29 is 14.2 Å². The zero-order valence-corrected chi connectivity index (χ0v) is 9.16. The van der Waals surface area contributed by atoms with E-state index < -0.39 is 0 Å². The Morgan fingerprint density at radius 3 is 2.60 bits per heavy atom. The largest absolute Gasteiger partial charge is 0.488 e. The van der Waals surface area contributed by atoms with Crippen LogP contribution >= 0.6 is 0 Å². The lowest BCUT2D eigenvalue weighted by Crippen LogP contribution is -2.18. The highest BCUT2D eigenvalue weighted by molar-refractivity contribution is 5.33. The molecule has 0 bridgehead atoms. The number of hydrogen-bond acceptors (Lipinski definition) is 3. The first-order chi connectivity index (χ1) is 7.25. The number of benzene rings is 1. The SMILES string of the molecule is Cc1ccc(OCC2OCCO2)cc1C. The summed E-state index contributed by atoms with van der Waals surface area (Å²) in [5.41, 5.74) is 2.51. The summed E-state index contributed by atoms with van der Waals surface area (Å²) in [5, 5.41) is 0. The zero-order chi connectivity index (χ0) is 10.7. The monoisotopic (exact) mass is 208 g/mol. The summed E-state index contributed by atoms with van der Waals surface area (Å²) in [4.78, 5) is 0. The van der Waals surface area contributed by atoms with Crippen LogP contribution in [-0.4, -0.2) is 26.1 Å². The molecule has 0 aromatic heterocycles. The van der Waals surface area contributed by atoms with Gasteiger partial charge < -0.3 is 14.2 Å². The van der Waals surface area contributed by atoms with Crippen LogP contribution in [0.2, 0.25) is 0 Å². The van der Waals surface area contributed by atoms with Crippen LogP contribution in [0.25, 0.3) is 0 Å². The van der Waals surface area contributed by atoms with Gasteiger partial charge in [0.05, 0.1) is 13.2 Å². The summed E-state index contributed by atoms with van der Waals surface area (Å²) in [5.74, 6) is 0.872. The first kappa shape index (κ1) is 10.5. The van der Waals surface area contributed by atoms with E-state index in [2.05, 4.69) is 19.9 Å². The lowest BCUT2D eigenvalue weighted by molar-refractivity contribution is -0.0684. The molecular formula is C12H16O3. The van der Waals surface area contributed by atoms with E-state index >= 15 is 0 Å². The number of aryl methyl sites for hydroxylation is 2. The minimum absolute atomic E-state index is 0.202. The van der Waals surface area contributed by atoms with E-state index in [9.17, 15) is 0 Å². The Hall–Kier alpha value is -1.06. The Kier molecular flexibility index (Phi) is 3.23. The molecule has 0 spiro atoms. The third kappa shape index (κ3) is 2.70. The van der Waals surface area contributed by atoms with E-state index in [1.165, 1.54) is 11.1 Å². The molecule has 1 heterocycles. The smallest absolute Gasteiger partial charge is 0.191 e. The van der Waals surface area contributed by atoms with E-state index in [0.717, 1.165) is 5.75 Å². The number of hydrogen-bond donors (Lipinski definition) is 0. The van der Waals surface area contributed by atoms with E-state index in [4.69, 9.17) is 14.2 Å². The average molecular weight is 208 g/mol. The number of rotatable bonds is 3. The summed E-state index contributed by atoms with van der Waals surface area (Å²) in [6.07, 6.45) is -0.202. The first-order valence-electron chi connectivity index (χ1n) is 5.19. The summed E-state index contributed by atoms with van der Waals surface area (Å²) >= 11 is 0. The van der Waals surface area contributed by atoms with Crippen molar-refractivity contribution in [2.45, 2.75) is 20.1 Å². The van der Waals surface area contributed by atoms with E-state index in [1.54, 1.807) is 0 Å². The molecule has 0 atom stereocenters. The van der Waals surface area contributed by atoms with Gasteiger partial charge in [0.15, 0.2) is 6.29 Å². The molecule has 3 heteroatoms. The molecule has 0 unspecified atom stereocenters. The molecule has 15 heavy (non-hydrogen) atoms. The first-order valence-corrected chi connectivity index (χ1v) is 5.19. The predicted molar refractivity (Wildman–Crippen MR) is 57.1 cm³/mol. The van der Waals surface area contributed by atoms with Gasteiger partial charge in [0.1, 0.15) is 12.4 Å². The van der Waals surface area contributed by atoms with Crippen LogP contribution in [-0.2, 0) is 9.47 Å². The molecule has 0 amide bonds. The molecule has 1 saturated heterocycles. The second-order valence-corrected chi connectivity index (χ2v) is 3.73. The number of ether oxygens (including phenoxy) is 3. The lowest BCUT2D eigenvalue weighted by atomic mass is 10.1. The second-order valence-electron chi connectivity index (χ2n) is 3.73. The second kappa shape index (κ2) is 4.64. The minimum Gasteiger partial charge on any atom is -0.488 e. The summed E-state index contributed by atoms with van der Waals surface area (Å²) in [7, 11) is 0. The van der Waals surface area contributed by atoms with Gasteiger partial charge in [-0.25, -0.2) is 0 Å². The highest BCUT2D eigenvalue weighted by atomic mass is 16.7. The van der Waals surface area contributed by atoms with Gasteiger partial charge in [0.2, 0.25) is 0 Å². The molecule has 2 rings (SSSR count). The third-order valence-corrected chi connectivity index (χ3v) is 2.56. The summed E-state index contributed by atoms with van der Waals surface area (Å²) < 4.78 is 16.1. The van der Waals surface area contributed by atoms with Gasteiger partial charge in [0, 0.05) is 0 Å². The Labute approximate surface area is 90.0 Å². The fraction of sp³-hybridized carbons (Fsp3) is 0.500. The van der Waals surface area contributed by atoms with Crippen molar-refractivity contribution in [2.75, 3.05) is 19.8 Å². The Morgan fingerprint density at radius 1 is 1.20 bits per heavy atom. The van der Waals surface area contributed by atoms with Crippen molar-refractivity contribution in [3.05, 3.63) is 29.3 Å². The Bertz CT molecular complexity index is 330. The van der Waals surface area contributed by atoms with Crippen LogP contribution < -0.4 is 4.74 Å². The van der Waals surface area contributed by atoms with Crippen molar-refractivity contribution in [1.29, 1.82) is 0 Å². The van der Waals surface area contributed by atoms with Crippen LogP contribution in [0.3, 0.4) is 0 Å². The van der Waals surface area contributed by atoms with Crippen LogP contribution in [0.4, 0.5) is 0 Å². The molecule has 1 aromatic rings. The third-order valence-electron chi connectivity index (χ3n) is 2.56. The van der Waals surface area contributed by atoms with Crippen molar-refractivity contribution >= 4 is 0 Å². The van der Waals surface area contributed by atoms with Gasteiger partial charge in [-0.2, -0.15) is 0 Å². The molecule has 1 aliphatic heterocycles. The molecular weight excluding hydrogens is 192 g/mol. The molecule has 0 N–H and O–H groups in total. The fourth-order valence-electron chi connectivity index (χ4n) is 1.47. The van der Waals surface area contributed by atoms with Crippen molar-refractivity contribution in [3.63, 3.8) is 0 Å². The molecule has 1 aromatic carbocycles. The van der Waals surface area contributed by atoms with Crippen molar-refractivity contribution in [1.82, 2.24) is 0 Å². The quantitative estimate of drug-likeness (QED) is 0.761. The molecule has 82 valence electrons. The van der Waals surface area contributed by atoms with Crippen molar-refractivity contribution in [3.8, 4) is 5.75 Å². The van der Waals surface area contributed by atoms with Crippen LogP contribution in [0, 0.1) is 13.8 Å². The maximum atomic E-state index is 5.58. The van der Waals surface area contributed by atoms with Crippen LogP contribution in [0.15, 0.2) is 18.2 Å². The van der Waals surface area contributed by atoms with Crippen LogP contribution in [0.5, 0.6) is 5.75 Å². The van der Waals surface area contributed by atoms with Gasteiger partial charge in [-0.1, -0.05) is 6.07 Å². The molecule has 1 fully saturated rings. The van der Waals surface area contributed by atoms with E-state index in [-0.39, 0.29) is 6.29 Å². The van der Waals surface area contributed by atoms with E-state index in [0.29, 0.717) is 19.8 Å². The lowest BCUT2D eigenvalue weighted by Gasteiger charge is -2.11. The predicted octanol–water partition coefficient (Wildman–Crippen LogP) is 2.06. The Morgan fingerprint density at radius 2 is 1.93 bits per heavy atom. The van der Waals surface area contributed by atoms with Gasteiger partial charge in [-0.05, 0) is 37.1 Å². The Balaban J connectivity index is 1.90. The highest BCUT2D eigenvalue weighted by Gasteiger charge is 2.16. The topological polar surface area (TPSA) is 27.7 Å². The van der Waals surface area contributed by atoms with Gasteiger partial charge in [-0.3, -0.25) is 0 Å². The van der Waals surface area contributed by atoms with Crippen LogP contribution in [0.1, 0.15) is 11.1 Å². The summed E-state index contributed by atoms with van der Waals surface area (Å²) in [6, 6.07) is 6.06. The highest BCUT2D eigenvalue weighted by Crippen LogP contribution is 2.17.